The molecule has 2 aromatic rings. The van der Waals surface area contributed by atoms with Gasteiger partial charge in [0.15, 0.2) is 11.8 Å². The van der Waals surface area contributed by atoms with Gasteiger partial charge in [-0.15, -0.1) is 0 Å². The number of nitrogens with zero attached hydrogens (tertiary/aromatic N) is 1. The highest BCUT2D eigenvalue weighted by molar-refractivity contribution is 6.12. The molecular formula is C24H30N2O3. The van der Waals surface area contributed by atoms with Crippen molar-refractivity contribution in [1.29, 1.82) is 0 Å². The van der Waals surface area contributed by atoms with Crippen LogP contribution in [-0.4, -0.2) is 22.8 Å². The standard InChI is InChI=1S/C24H30N2O3/c1-23(2,3)15-12-16(24(4,5)6)19(27)13-18(15)26-17-10-8-7-9-14(17)11-20(28)21(26)22(25)29/h7-10,12-13,21,27H,11H2,1-6H3,(H2,25,29). The molecule has 154 valence electrons. The van der Waals surface area contributed by atoms with Gasteiger partial charge in [-0.3, -0.25) is 9.59 Å². The number of ketones is 1. The number of phenols is 1. The number of hydrogen-bond acceptors (Lipinski definition) is 4. The van der Waals surface area contributed by atoms with E-state index < -0.39 is 11.9 Å². The fraction of sp³-hybridized carbons (Fsp3) is 0.417. The molecule has 0 radical (unpaired) electrons. The first kappa shape index (κ1) is 20.9. The summed E-state index contributed by atoms with van der Waals surface area (Å²) in [6.45, 7) is 12.4. The normalized spacial score (nSPS) is 17.2. The van der Waals surface area contributed by atoms with Crippen LogP contribution in [0.1, 0.15) is 58.2 Å². The van der Waals surface area contributed by atoms with Crippen molar-refractivity contribution in [2.75, 3.05) is 4.90 Å². The smallest absolute Gasteiger partial charge is 0.248 e. The van der Waals surface area contributed by atoms with Gasteiger partial charge in [0.25, 0.3) is 0 Å². The Balaban J connectivity index is 2.37. The lowest BCUT2D eigenvalue weighted by molar-refractivity contribution is -0.128. The summed E-state index contributed by atoms with van der Waals surface area (Å²) >= 11 is 0. The lowest BCUT2D eigenvalue weighted by Crippen LogP contribution is -2.51. The van der Waals surface area contributed by atoms with Crippen LogP contribution in [0.2, 0.25) is 0 Å². The summed E-state index contributed by atoms with van der Waals surface area (Å²) in [5.74, 6) is -0.793. The van der Waals surface area contributed by atoms with Gasteiger partial charge in [-0.25, -0.2) is 0 Å². The van der Waals surface area contributed by atoms with Crippen LogP contribution in [0.3, 0.4) is 0 Å². The molecule has 3 N–H and O–H groups in total. The summed E-state index contributed by atoms with van der Waals surface area (Å²) in [5.41, 5.74) is 9.12. The maximum absolute atomic E-state index is 12.8. The van der Waals surface area contributed by atoms with Gasteiger partial charge in [0.1, 0.15) is 5.75 Å². The van der Waals surface area contributed by atoms with Crippen molar-refractivity contribution in [3.63, 3.8) is 0 Å². The average molecular weight is 395 g/mol. The van der Waals surface area contributed by atoms with E-state index in [0.29, 0.717) is 5.69 Å². The Kier molecular flexibility index (Phi) is 4.98. The highest BCUT2D eigenvalue weighted by Crippen LogP contribution is 2.45. The van der Waals surface area contributed by atoms with Crippen molar-refractivity contribution in [1.82, 2.24) is 0 Å². The van der Waals surface area contributed by atoms with E-state index in [2.05, 4.69) is 20.8 Å². The number of aromatic hydroxyl groups is 1. The third-order valence-electron chi connectivity index (χ3n) is 5.44. The molecule has 0 saturated heterocycles. The van der Waals surface area contributed by atoms with E-state index in [4.69, 9.17) is 5.73 Å². The molecule has 0 bridgehead atoms. The van der Waals surface area contributed by atoms with Crippen LogP contribution < -0.4 is 10.6 Å². The molecule has 0 spiro atoms. The number of anilines is 2. The minimum absolute atomic E-state index is 0.138. The number of nitrogens with two attached hydrogens (primary N) is 1. The fourth-order valence-electron chi connectivity index (χ4n) is 4.00. The predicted octanol–water partition coefficient (Wildman–Crippen LogP) is 4.10. The Morgan fingerprint density at radius 2 is 1.59 bits per heavy atom. The molecular weight excluding hydrogens is 364 g/mol. The molecule has 1 aliphatic rings. The van der Waals surface area contributed by atoms with Crippen molar-refractivity contribution in [2.45, 2.75) is 64.8 Å². The molecule has 5 heteroatoms. The number of para-hydroxylation sites is 1. The SMILES string of the molecule is CC(C)(C)c1cc(C(C)(C)C)c(N2c3ccccc3CC(=O)C2C(N)=O)cc1O. The molecule has 29 heavy (non-hydrogen) atoms. The van der Waals surface area contributed by atoms with Crippen LogP contribution in [0.25, 0.3) is 0 Å². The zero-order valence-corrected chi connectivity index (χ0v) is 18.0. The second kappa shape index (κ2) is 6.90. The van der Waals surface area contributed by atoms with Gasteiger partial charge in [0.05, 0.1) is 0 Å². The molecule has 1 aliphatic heterocycles. The zero-order chi connectivity index (χ0) is 21.7. The largest absolute Gasteiger partial charge is 0.508 e. The van der Waals surface area contributed by atoms with Gasteiger partial charge in [-0.2, -0.15) is 0 Å². The first-order chi connectivity index (χ1) is 13.3. The highest BCUT2D eigenvalue weighted by atomic mass is 16.3. The monoisotopic (exact) mass is 394 g/mol. The van der Waals surface area contributed by atoms with E-state index in [1.54, 1.807) is 11.0 Å². The molecule has 0 saturated carbocycles. The maximum Gasteiger partial charge on any atom is 0.248 e. The molecule has 0 aromatic heterocycles. The summed E-state index contributed by atoms with van der Waals surface area (Å²) < 4.78 is 0. The van der Waals surface area contributed by atoms with E-state index in [0.717, 1.165) is 22.4 Å². The molecule has 1 atom stereocenters. The second-order valence-corrected chi connectivity index (χ2v) is 9.83. The number of hydrogen-bond donors (Lipinski definition) is 2. The zero-order valence-electron chi connectivity index (χ0n) is 18.0. The van der Waals surface area contributed by atoms with Crippen LogP contribution in [-0.2, 0) is 26.8 Å². The number of fused-ring (bicyclic) bond motifs is 1. The summed E-state index contributed by atoms with van der Waals surface area (Å²) in [6, 6.07) is 10.1. The first-order valence-electron chi connectivity index (χ1n) is 9.89. The molecule has 3 rings (SSSR count). The Bertz CT molecular complexity index is 981. The van der Waals surface area contributed by atoms with Crippen LogP contribution in [0.5, 0.6) is 5.75 Å². The van der Waals surface area contributed by atoms with Crippen LogP contribution in [0.4, 0.5) is 11.4 Å². The van der Waals surface area contributed by atoms with Crippen LogP contribution >= 0.6 is 0 Å². The first-order valence-corrected chi connectivity index (χ1v) is 9.89. The average Bonchev–Trinajstić information content (AvgIpc) is 2.57. The maximum atomic E-state index is 12.8. The summed E-state index contributed by atoms with van der Waals surface area (Å²) in [7, 11) is 0. The van der Waals surface area contributed by atoms with Crippen molar-refractivity contribution in [3.05, 3.63) is 53.1 Å². The number of carbonyl (C=O) groups is 2. The van der Waals surface area contributed by atoms with Gasteiger partial charge < -0.3 is 15.7 Å². The van der Waals surface area contributed by atoms with Crippen molar-refractivity contribution >= 4 is 23.1 Å². The number of primary amides is 1. The molecule has 0 aliphatic carbocycles. The number of amides is 1. The molecule has 2 aromatic carbocycles. The molecule has 1 heterocycles. The Morgan fingerprint density at radius 1 is 1.00 bits per heavy atom. The van der Waals surface area contributed by atoms with Gasteiger partial charge in [-0.1, -0.05) is 59.7 Å². The topological polar surface area (TPSA) is 83.6 Å². The van der Waals surface area contributed by atoms with E-state index in [9.17, 15) is 14.7 Å². The van der Waals surface area contributed by atoms with Crippen molar-refractivity contribution in [2.24, 2.45) is 5.73 Å². The minimum atomic E-state index is -1.11. The number of phenolic OH excluding ortho intramolecular Hbond substituents is 1. The number of Topliss-reactive ketones (excluding diaryl/α,β-unsaturated/α-hetero) is 1. The van der Waals surface area contributed by atoms with E-state index in [1.165, 1.54) is 0 Å². The fourth-order valence-corrected chi connectivity index (χ4v) is 4.00. The third kappa shape index (κ3) is 3.74. The third-order valence-corrected chi connectivity index (χ3v) is 5.44. The summed E-state index contributed by atoms with van der Waals surface area (Å²) in [6.07, 6.45) is 0.164. The highest BCUT2D eigenvalue weighted by Gasteiger charge is 2.40. The quantitative estimate of drug-likeness (QED) is 0.751. The van der Waals surface area contributed by atoms with Crippen molar-refractivity contribution in [3.8, 4) is 5.75 Å². The lowest BCUT2D eigenvalue weighted by Gasteiger charge is -2.40. The number of carbonyl (C=O) groups excluding carboxylic acids is 2. The Hall–Kier alpha value is -2.82. The lowest BCUT2D eigenvalue weighted by atomic mass is 9.78. The van der Waals surface area contributed by atoms with Crippen LogP contribution in [0.15, 0.2) is 36.4 Å². The van der Waals surface area contributed by atoms with Crippen LogP contribution in [0, 0.1) is 0 Å². The van der Waals surface area contributed by atoms with Gasteiger partial charge in [0, 0.05) is 23.9 Å². The van der Waals surface area contributed by atoms with Gasteiger partial charge in [0.2, 0.25) is 5.91 Å². The molecule has 5 nitrogen and oxygen atoms in total. The predicted molar refractivity (Wildman–Crippen MR) is 116 cm³/mol. The van der Waals surface area contributed by atoms with Gasteiger partial charge in [-0.05, 0) is 39.7 Å². The second-order valence-electron chi connectivity index (χ2n) is 9.83. The van der Waals surface area contributed by atoms with E-state index >= 15 is 0 Å². The van der Waals surface area contributed by atoms with E-state index in [-0.39, 0.29) is 28.8 Å². The Labute approximate surface area is 172 Å². The summed E-state index contributed by atoms with van der Waals surface area (Å²) in [4.78, 5) is 26.9. The molecule has 1 amide bonds. The van der Waals surface area contributed by atoms with E-state index in [1.807, 2.05) is 51.1 Å². The van der Waals surface area contributed by atoms with Gasteiger partial charge >= 0.3 is 0 Å². The van der Waals surface area contributed by atoms with Crippen molar-refractivity contribution < 1.29 is 14.7 Å². The minimum Gasteiger partial charge on any atom is -0.508 e. The number of benzene rings is 2. The Morgan fingerprint density at radius 3 is 2.14 bits per heavy atom. The summed E-state index contributed by atoms with van der Waals surface area (Å²) in [5, 5.41) is 10.9. The molecule has 1 unspecified atom stereocenters. The molecule has 0 fully saturated rings. The number of rotatable bonds is 2.